The normalized spacial score (nSPS) is 11.8. The number of amides is 2. The minimum atomic E-state index is -0.113. The Labute approximate surface area is 154 Å². The van der Waals surface area contributed by atoms with Crippen LogP contribution in [0.3, 0.4) is 0 Å². The molecule has 1 aromatic carbocycles. The molecule has 0 aliphatic carbocycles. The first-order valence-corrected chi connectivity index (χ1v) is 8.53. The Bertz CT molecular complexity index is 713. The minimum Gasteiger partial charge on any atom is -0.381 e. The van der Waals surface area contributed by atoms with Crippen molar-refractivity contribution in [2.24, 2.45) is 0 Å². The summed E-state index contributed by atoms with van der Waals surface area (Å²) in [6.45, 7) is 2.79. The van der Waals surface area contributed by atoms with Crippen molar-refractivity contribution in [3.05, 3.63) is 42.4 Å². The van der Waals surface area contributed by atoms with E-state index in [9.17, 15) is 9.59 Å². The number of aromatic nitrogens is 2. The molecular formula is C19H26N4O3. The number of nitrogens with one attached hydrogen (secondary N) is 1. The summed E-state index contributed by atoms with van der Waals surface area (Å²) >= 11 is 0. The van der Waals surface area contributed by atoms with Gasteiger partial charge in [-0.05, 0) is 24.6 Å². The van der Waals surface area contributed by atoms with Gasteiger partial charge in [0.25, 0.3) is 5.91 Å². The lowest BCUT2D eigenvalue weighted by Crippen LogP contribution is -2.38. The third-order valence-electron chi connectivity index (χ3n) is 4.35. The Morgan fingerprint density at radius 2 is 1.81 bits per heavy atom. The van der Waals surface area contributed by atoms with Gasteiger partial charge in [0.05, 0.1) is 30.7 Å². The van der Waals surface area contributed by atoms with Crippen molar-refractivity contribution in [2.75, 3.05) is 34.3 Å². The van der Waals surface area contributed by atoms with Crippen LogP contribution in [0, 0.1) is 0 Å². The third-order valence-corrected chi connectivity index (χ3v) is 4.35. The van der Waals surface area contributed by atoms with E-state index < -0.39 is 0 Å². The molecule has 1 N–H and O–H groups in total. The van der Waals surface area contributed by atoms with Crippen molar-refractivity contribution in [1.29, 1.82) is 0 Å². The molecule has 0 aliphatic heterocycles. The van der Waals surface area contributed by atoms with Gasteiger partial charge in [-0.1, -0.05) is 12.1 Å². The van der Waals surface area contributed by atoms with E-state index in [2.05, 4.69) is 9.97 Å². The number of nitrogens with zero attached hydrogens (tertiary/aromatic N) is 3. The smallest absolute Gasteiger partial charge is 0.253 e. The van der Waals surface area contributed by atoms with Gasteiger partial charge in [-0.2, -0.15) is 0 Å². The molecule has 2 amide bonds. The predicted molar refractivity (Wildman–Crippen MR) is 99.7 cm³/mol. The number of carbonyl (C=O) groups excluding carboxylic acids is 2. The SMILES string of the molecule is COC(C)CC(=O)N(C)CCN(C)C(=O)c1ccc(-c2cnc[nH]2)cc1. The Kier molecular flexibility index (Phi) is 6.91. The second-order valence-corrected chi connectivity index (χ2v) is 6.34. The van der Waals surface area contributed by atoms with Gasteiger partial charge >= 0.3 is 0 Å². The van der Waals surface area contributed by atoms with Crippen LogP contribution in [-0.2, 0) is 9.53 Å². The van der Waals surface area contributed by atoms with Gasteiger partial charge in [0.2, 0.25) is 5.91 Å². The van der Waals surface area contributed by atoms with E-state index in [0.29, 0.717) is 25.1 Å². The summed E-state index contributed by atoms with van der Waals surface area (Å²) in [5.74, 6) is -0.0728. The van der Waals surface area contributed by atoms with Crippen LogP contribution in [0.25, 0.3) is 11.3 Å². The number of H-pyrrole nitrogens is 1. The van der Waals surface area contributed by atoms with Gasteiger partial charge in [0.15, 0.2) is 0 Å². The van der Waals surface area contributed by atoms with Crippen LogP contribution in [0.5, 0.6) is 0 Å². The zero-order chi connectivity index (χ0) is 19.1. The topological polar surface area (TPSA) is 78.5 Å². The standard InChI is InChI=1S/C19H26N4O3/c1-14(26-4)11-18(24)22(2)9-10-23(3)19(25)16-7-5-15(6-8-16)17-12-20-13-21-17/h5-8,12-14H,9-11H2,1-4H3,(H,20,21). The molecule has 2 rings (SSSR count). The van der Waals surface area contributed by atoms with Crippen LogP contribution < -0.4 is 0 Å². The molecule has 140 valence electrons. The summed E-state index contributed by atoms with van der Waals surface area (Å²) < 4.78 is 5.11. The van der Waals surface area contributed by atoms with Crippen molar-refractivity contribution >= 4 is 11.8 Å². The Hall–Kier alpha value is -2.67. The summed E-state index contributed by atoms with van der Waals surface area (Å²) in [6.07, 6.45) is 3.57. The van der Waals surface area contributed by atoms with E-state index in [0.717, 1.165) is 11.3 Å². The van der Waals surface area contributed by atoms with E-state index in [1.54, 1.807) is 55.7 Å². The molecule has 0 aliphatic rings. The number of rotatable bonds is 8. The number of imidazole rings is 1. The molecular weight excluding hydrogens is 332 g/mol. The fraction of sp³-hybridized carbons (Fsp3) is 0.421. The Balaban J connectivity index is 1.88. The molecule has 0 bridgehead atoms. The molecule has 2 aromatic rings. The van der Waals surface area contributed by atoms with Gasteiger partial charge in [0, 0.05) is 39.9 Å². The van der Waals surface area contributed by atoms with Crippen LogP contribution in [0.1, 0.15) is 23.7 Å². The number of hydrogen-bond acceptors (Lipinski definition) is 4. The molecule has 1 heterocycles. The number of methoxy groups -OCH3 is 1. The quantitative estimate of drug-likeness (QED) is 0.783. The molecule has 1 unspecified atom stereocenters. The zero-order valence-electron chi connectivity index (χ0n) is 15.7. The summed E-state index contributed by atoms with van der Waals surface area (Å²) in [7, 11) is 5.06. The van der Waals surface area contributed by atoms with Gasteiger partial charge in [-0.25, -0.2) is 4.98 Å². The van der Waals surface area contributed by atoms with Gasteiger partial charge < -0.3 is 19.5 Å². The van der Waals surface area contributed by atoms with Crippen molar-refractivity contribution in [3.63, 3.8) is 0 Å². The molecule has 0 saturated carbocycles. The van der Waals surface area contributed by atoms with E-state index in [1.807, 2.05) is 19.1 Å². The fourth-order valence-electron chi connectivity index (χ4n) is 2.44. The Morgan fingerprint density at radius 1 is 1.15 bits per heavy atom. The maximum atomic E-state index is 12.5. The summed E-state index contributed by atoms with van der Waals surface area (Å²) in [6, 6.07) is 7.36. The minimum absolute atomic E-state index is 0.00380. The number of ether oxygens (including phenoxy) is 1. The van der Waals surface area contributed by atoms with Gasteiger partial charge in [-0.3, -0.25) is 9.59 Å². The number of carbonyl (C=O) groups is 2. The van der Waals surface area contributed by atoms with Crippen LogP contribution in [0.4, 0.5) is 0 Å². The van der Waals surface area contributed by atoms with Gasteiger partial charge in [-0.15, -0.1) is 0 Å². The monoisotopic (exact) mass is 358 g/mol. The van der Waals surface area contributed by atoms with Crippen LogP contribution >= 0.6 is 0 Å². The van der Waals surface area contributed by atoms with Crippen LogP contribution in [-0.4, -0.2) is 72.0 Å². The number of hydrogen-bond donors (Lipinski definition) is 1. The lowest BCUT2D eigenvalue weighted by molar-refractivity contribution is -0.132. The summed E-state index contributed by atoms with van der Waals surface area (Å²) in [4.78, 5) is 34.9. The molecule has 26 heavy (non-hydrogen) atoms. The number of likely N-dealkylation sites (N-methyl/N-ethyl adjacent to an activating group) is 2. The maximum absolute atomic E-state index is 12.5. The van der Waals surface area contributed by atoms with Crippen molar-refractivity contribution in [2.45, 2.75) is 19.4 Å². The van der Waals surface area contributed by atoms with E-state index in [-0.39, 0.29) is 17.9 Å². The maximum Gasteiger partial charge on any atom is 0.253 e. The zero-order valence-corrected chi connectivity index (χ0v) is 15.7. The summed E-state index contributed by atoms with van der Waals surface area (Å²) in [5, 5.41) is 0. The van der Waals surface area contributed by atoms with Crippen molar-refractivity contribution in [3.8, 4) is 11.3 Å². The molecule has 0 spiro atoms. The second kappa shape index (κ2) is 9.15. The van der Waals surface area contributed by atoms with Gasteiger partial charge in [0.1, 0.15) is 0 Å². The highest BCUT2D eigenvalue weighted by molar-refractivity contribution is 5.94. The van der Waals surface area contributed by atoms with Crippen LogP contribution in [0.2, 0.25) is 0 Å². The summed E-state index contributed by atoms with van der Waals surface area (Å²) in [5.41, 5.74) is 2.49. The van der Waals surface area contributed by atoms with E-state index >= 15 is 0 Å². The number of benzene rings is 1. The highest BCUT2D eigenvalue weighted by atomic mass is 16.5. The average Bonchev–Trinajstić information content (AvgIpc) is 3.19. The lowest BCUT2D eigenvalue weighted by Gasteiger charge is -2.23. The average molecular weight is 358 g/mol. The Morgan fingerprint density at radius 3 is 2.38 bits per heavy atom. The molecule has 1 aromatic heterocycles. The molecule has 1 atom stereocenters. The highest BCUT2D eigenvalue weighted by Crippen LogP contribution is 2.17. The molecule has 0 saturated heterocycles. The predicted octanol–water partition coefficient (Wildman–Crippen LogP) is 2.03. The molecule has 0 fully saturated rings. The molecule has 0 radical (unpaired) electrons. The van der Waals surface area contributed by atoms with E-state index in [4.69, 9.17) is 4.74 Å². The molecule has 7 heteroatoms. The largest absolute Gasteiger partial charge is 0.381 e. The van der Waals surface area contributed by atoms with Crippen molar-refractivity contribution < 1.29 is 14.3 Å². The second-order valence-electron chi connectivity index (χ2n) is 6.34. The van der Waals surface area contributed by atoms with E-state index in [1.165, 1.54) is 0 Å². The van der Waals surface area contributed by atoms with Crippen LogP contribution in [0.15, 0.2) is 36.8 Å². The fourth-order valence-corrected chi connectivity index (χ4v) is 2.44. The first kappa shape index (κ1) is 19.7. The first-order valence-electron chi connectivity index (χ1n) is 8.53. The highest BCUT2D eigenvalue weighted by Gasteiger charge is 2.16. The van der Waals surface area contributed by atoms with Crippen molar-refractivity contribution in [1.82, 2.24) is 19.8 Å². The molecule has 7 nitrogen and oxygen atoms in total. The third kappa shape index (κ3) is 5.16. The lowest BCUT2D eigenvalue weighted by atomic mass is 10.1. The number of aromatic amines is 1. The first-order chi connectivity index (χ1) is 12.4.